The zero-order chi connectivity index (χ0) is 22.3. The van der Waals surface area contributed by atoms with Gasteiger partial charge in [0.25, 0.3) is 5.91 Å². The summed E-state index contributed by atoms with van der Waals surface area (Å²) in [7, 11) is 0. The minimum Gasteiger partial charge on any atom is -0.480 e. The molecule has 8 nitrogen and oxygen atoms in total. The van der Waals surface area contributed by atoms with Gasteiger partial charge in [-0.2, -0.15) is 10.1 Å². The Kier molecular flexibility index (Phi) is 5.08. The first-order chi connectivity index (χ1) is 14.8. The Labute approximate surface area is 181 Å². The van der Waals surface area contributed by atoms with Crippen molar-refractivity contribution >= 4 is 57.8 Å². The zero-order valence-corrected chi connectivity index (χ0v) is 17.0. The Morgan fingerprint density at radius 3 is 2.61 bits per heavy atom. The number of aromatic nitrogens is 1. The van der Waals surface area contributed by atoms with Crippen molar-refractivity contribution in [2.75, 3.05) is 5.01 Å². The third kappa shape index (κ3) is 3.69. The number of aliphatic carboxylic acids is 1. The number of aromatic carboxylic acids is 1. The summed E-state index contributed by atoms with van der Waals surface area (Å²) in [5, 5.41) is 24.7. The van der Waals surface area contributed by atoms with Crippen molar-refractivity contribution in [1.29, 1.82) is 0 Å². The largest absolute Gasteiger partial charge is 0.480 e. The molecule has 0 saturated heterocycles. The highest BCUT2D eigenvalue weighted by molar-refractivity contribution is 6.34. The smallest absolute Gasteiger partial charge is 0.337 e. The van der Waals surface area contributed by atoms with E-state index in [2.05, 4.69) is 5.10 Å². The average Bonchev–Trinajstić information content (AvgIpc) is 3.20. The van der Waals surface area contributed by atoms with Crippen LogP contribution in [0.4, 0.5) is 5.69 Å². The third-order valence-electron chi connectivity index (χ3n) is 4.91. The number of hydrazone groups is 1. The number of carboxylic acid groups (broad SMARTS) is 2. The standard InChI is InChI=1S/C22H16ClN3O5/c1-12-16(8-13-10-25(11-20(27)28)19-5-3-2-4-15(13)19)21(29)26(24-12)14-6-7-18(23)17(9-14)22(30)31/h2-10H,11H2,1H3,(H,27,28)(H,30,31)/b16-8-. The summed E-state index contributed by atoms with van der Waals surface area (Å²) in [6, 6.07) is 11.5. The lowest BCUT2D eigenvalue weighted by molar-refractivity contribution is -0.137. The van der Waals surface area contributed by atoms with Crippen molar-refractivity contribution in [3.63, 3.8) is 0 Å². The number of carbonyl (C=O) groups is 3. The molecular weight excluding hydrogens is 422 g/mol. The van der Waals surface area contributed by atoms with Crippen molar-refractivity contribution < 1.29 is 24.6 Å². The van der Waals surface area contributed by atoms with E-state index < -0.39 is 17.8 Å². The summed E-state index contributed by atoms with van der Waals surface area (Å²) >= 11 is 5.92. The van der Waals surface area contributed by atoms with Crippen LogP contribution in [0.2, 0.25) is 5.02 Å². The van der Waals surface area contributed by atoms with Crippen LogP contribution in [0.15, 0.2) is 59.3 Å². The lowest BCUT2D eigenvalue weighted by Crippen LogP contribution is -2.21. The normalized spacial score (nSPS) is 15.0. The Bertz CT molecular complexity index is 1320. The van der Waals surface area contributed by atoms with Crippen LogP contribution >= 0.6 is 11.6 Å². The summed E-state index contributed by atoms with van der Waals surface area (Å²) in [5.74, 6) is -2.61. The molecule has 156 valence electrons. The molecule has 0 spiro atoms. The minimum absolute atomic E-state index is 0.0607. The lowest BCUT2D eigenvalue weighted by Gasteiger charge is -2.13. The first-order valence-electron chi connectivity index (χ1n) is 9.20. The number of hydrogen-bond donors (Lipinski definition) is 2. The van der Waals surface area contributed by atoms with Crippen LogP contribution in [0.3, 0.4) is 0 Å². The van der Waals surface area contributed by atoms with Gasteiger partial charge in [-0.25, -0.2) is 4.79 Å². The molecule has 1 amide bonds. The van der Waals surface area contributed by atoms with Crippen molar-refractivity contribution in [3.8, 4) is 0 Å². The Balaban J connectivity index is 1.75. The topological polar surface area (TPSA) is 112 Å². The van der Waals surface area contributed by atoms with Gasteiger partial charge in [-0.15, -0.1) is 0 Å². The molecule has 0 atom stereocenters. The Morgan fingerprint density at radius 2 is 1.90 bits per heavy atom. The monoisotopic (exact) mass is 437 g/mol. The third-order valence-corrected chi connectivity index (χ3v) is 5.24. The second-order valence-corrected chi connectivity index (χ2v) is 7.36. The van der Waals surface area contributed by atoms with Gasteiger partial charge in [0.15, 0.2) is 0 Å². The number of fused-ring (bicyclic) bond motifs is 1. The van der Waals surface area contributed by atoms with Crippen molar-refractivity contribution in [2.24, 2.45) is 5.10 Å². The first-order valence-corrected chi connectivity index (χ1v) is 9.58. The number of nitrogens with zero attached hydrogens (tertiary/aromatic N) is 3. The lowest BCUT2D eigenvalue weighted by atomic mass is 10.1. The molecule has 9 heteroatoms. The molecule has 0 radical (unpaired) electrons. The van der Waals surface area contributed by atoms with E-state index in [4.69, 9.17) is 11.6 Å². The van der Waals surface area contributed by atoms with Gasteiger partial charge < -0.3 is 14.8 Å². The average molecular weight is 438 g/mol. The van der Waals surface area contributed by atoms with Crippen LogP contribution in [0.5, 0.6) is 0 Å². The van der Waals surface area contributed by atoms with Crippen LogP contribution in [0.25, 0.3) is 17.0 Å². The number of para-hydroxylation sites is 1. The van der Waals surface area contributed by atoms with Gasteiger partial charge in [-0.05, 0) is 37.3 Å². The van der Waals surface area contributed by atoms with Crippen molar-refractivity contribution in [2.45, 2.75) is 13.5 Å². The summed E-state index contributed by atoms with van der Waals surface area (Å²) in [6.45, 7) is 1.47. The van der Waals surface area contributed by atoms with E-state index in [0.717, 1.165) is 15.9 Å². The molecule has 2 heterocycles. The molecule has 0 bridgehead atoms. The van der Waals surface area contributed by atoms with E-state index in [0.29, 0.717) is 16.8 Å². The highest BCUT2D eigenvalue weighted by Crippen LogP contribution is 2.30. The number of amides is 1. The molecule has 4 rings (SSSR count). The van der Waals surface area contributed by atoms with Gasteiger partial charge in [-0.1, -0.05) is 29.8 Å². The SMILES string of the molecule is CC1=NN(c2ccc(Cl)c(C(=O)O)c2)C(=O)/C1=C\c1cn(CC(=O)O)c2ccccc12. The van der Waals surface area contributed by atoms with Gasteiger partial charge in [0, 0.05) is 22.7 Å². The predicted molar refractivity (Wildman–Crippen MR) is 117 cm³/mol. The molecule has 1 aliphatic rings. The second-order valence-electron chi connectivity index (χ2n) is 6.95. The maximum absolute atomic E-state index is 13.1. The Hall–Kier alpha value is -3.91. The van der Waals surface area contributed by atoms with Gasteiger partial charge in [-0.3, -0.25) is 9.59 Å². The molecule has 0 aliphatic carbocycles. The molecule has 2 aromatic carbocycles. The molecule has 0 fully saturated rings. The van der Waals surface area contributed by atoms with Crippen LogP contribution in [0.1, 0.15) is 22.8 Å². The van der Waals surface area contributed by atoms with Gasteiger partial charge in [0.1, 0.15) is 6.54 Å². The van der Waals surface area contributed by atoms with Crippen LogP contribution < -0.4 is 5.01 Å². The highest BCUT2D eigenvalue weighted by atomic mass is 35.5. The molecular formula is C22H16ClN3O5. The number of halogens is 1. The second kappa shape index (κ2) is 7.73. The molecule has 2 N–H and O–H groups in total. The molecule has 1 aromatic heterocycles. The predicted octanol–water partition coefficient (Wildman–Crippen LogP) is 3.88. The highest BCUT2D eigenvalue weighted by Gasteiger charge is 2.30. The van der Waals surface area contributed by atoms with Gasteiger partial charge in [0.2, 0.25) is 0 Å². The maximum Gasteiger partial charge on any atom is 0.337 e. The number of carboxylic acids is 2. The van der Waals surface area contributed by atoms with E-state index in [1.54, 1.807) is 23.8 Å². The molecule has 0 unspecified atom stereocenters. The van der Waals surface area contributed by atoms with Crippen molar-refractivity contribution in [3.05, 3.63) is 70.4 Å². The van der Waals surface area contributed by atoms with E-state index in [-0.39, 0.29) is 22.8 Å². The number of hydrogen-bond acceptors (Lipinski definition) is 4. The fourth-order valence-corrected chi connectivity index (χ4v) is 3.69. The molecule has 31 heavy (non-hydrogen) atoms. The maximum atomic E-state index is 13.1. The van der Waals surface area contributed by atoms with Gasteiger partial charge in [0.05, 0.1) is 27.6 Å². The summed E-state index contributed by atoms with van der Waals surface area (Å²) in [5.41, 5.74) is 2.34. The number of rotatable bonds is 5. The summed E-state index contributed by atoms with van der Waals surface area (Å²) < 4.78 is 1.60. The molecule has 3 aromatic rings. The van der Waals surface area contributed by atoms with E-state index >= 15 is 0 Å². The number of carbonyl (C=O) groups excluding carboxylic acids is 1. The number of benzene rings is 2. The van der Waals surface area contributed by atoms with Crippen LogP contribution in [-0.2, 0) is 16.1 Å². The fourth-order valence-electron chi connectivity index (χ4n) is 3.49. The van der Waals surface area contributed by atoms with Crippen LogP contribution in [0, 0.1) is 0 Å². The summed E-state index contributed by atoms with van der Waals surface area (Å²) in [6.07, 6.45) is 3.34. The van der Waals surface area contributed by atoms with E-state index in [1.165, 1.54) is 18.2 Å². The minimum atomic E-state index is -1.21. The van der Waals surface area contributed by atoms with E-state index in [1.807, 2.05) is 24.3 Å². The van der Waals surface area contributed by atoms with E-state index in [9.17, 15) is 24.6 Å². The quantitative estimate of drug-likeness (QED) is 0.588. The van der Waals surface area contributed by atoms with Crippen molar-refractivity contribution in [1.82, 2.24) is 4.57 Å². The number of anilines is 1. The van der Waals surface area contributed by atoms with Crippen LogP contribution in [-0.4, -0.2) is 38.3 Å². The first kappa shape index (κ1) is 20.4. The van der Waals surface area contributed by atoms with Gasteiger partial charge >= 0.3 is 11.9 Å². The fraction of sp³-hybridized carbons (Fsp3) is 0.0909. The molecule has 1 aliphatic heterocycles. The Morgan fingerprint density at radius 1 is 1.16 bits per heavy atom. The summed E-state index contributed by atoms with van der Waals surface area (Å²) in [4.78, 5) is 35.6. The molecule has 0 saturated carbocycles. The zero-order valence-electron chi connectivity index (χ0n) is 16.2.